The maximum atomic E-state index is 11.5. The van der Waals surface area contributed by atoms with Crippen molar-refractivity contribution < 1.29 is 19.2 Å². The molecule has 0 saturated carbocycles. The van der Waals surface area contributed by atoms with E-state index in [-0.39, 0.29) is 23.6 Å². The summed E-state index contributed by atoms with van der Waals surface area (Å²) in [5.74, 6) is -0.194. The van der Waals surface area contributed by atoms with E-state index in [2.05, 4.69) is 21.3 Å². The second-order valence-corrected chi connectivity index (χ2v) is 5.46. The van der Waals surface area contributed by atoms with Gasteiger partial charge in [-0.15, -0.1) is 0 Å². The number of nitrogens with one attached hydrogen (secondary N) is 4. The summed E-state index contributed by atoms with van der Waals surface area (Å²) in [6.45, 7) is 0.774. The number of hydrogen-bond donors (Lipinski definition) is 4. The van der Waals surface area contributed by atoms with Crippen LogP contribution in [0.5, 0.6) is 0 Å². The normalized spacial score (nSPS) is 9.92. The Morgan fingerprint density at radius 1 is 0.542 bits per heavy atom. The molecule has 4 amide bonds. The van der Waals surface area contributed by atoms with E-state index in [1.807, 2.05) is 0 Å². The van der Waals surface area contributed by atoms with E-state index < -0.39 is 0 Å². The highest BCUT2D eigenvalue weighted by Crippen LogP contribution is 2.00. The molecule has 0 unspecified atom stereocenters. The van der Waals surface area contributed by atoms with Gasteiger partial charge in [0.05, 0.1) is 0 Å². The van der Waals surface area contributed by atoms with Gasteiger partial charge in [-0.1, -0.05) is 0 Å². The monoisotopic (exact) mass is 342 g/mol. The third-order valence-electron chi connectivity index (χ3n) is 3.44. The Bertz CT molecular complexity index is 375. The lowest BCUT2D eigenvalue weighted by atomic mass is 10.2. The number of carbonyl (C=O) groups excluding carboxylic acids is 4. The zero-order valence-electron chi connectivity index (χ0n) is 14.7. The molecule has 0 aromatic rings. The lowest BCUT2D eigenvalue weighted by Crippen LogP contribution is -2.34. The standard InChI is InChI=1S/C16H30N4O4/c1-17-13(21)7-3-5-9-15(23)19-11-12-20-16(24)10-6-4-8-14(22)18-2/h3-12H2,1-2H3,(H,17,21)(H,18,22)(H,19,23)(H,20,24). The predicted octanol–water partition coefficient (Wildman–Crippen LogP) is -0.168. The Hall–Kier alpha value is -2.12. The van der Waals surface area contributed by atoms with Crippen molar-refractivity contribution in [2.75, 3.05) is 27.2 Å². The Morgan fingerprint density at radius 3 is 1.12 bits per heavy atom. The summed E-state index contributed by atoms with van der Waals surface area (Å²) in [7, 11) is 3.18. The third kappa shape index (κ3) is 13.5. The molecule has 0 atom stereocenters. The van der Waals surface area contributed by atoms with Crippen LogP contribution in [0.2, 0.25) is 0 Å². The zero-order chi connectivity index (χ0) is 18.2. The molecule has 0 bridgehead atoms. The predicted molar refractivity (Wildman–Crippen MR) is 91.1 cm³/mol. The molecule has 0 heterocycles. The van der Waals surface area contributed by atoms with Crippen molar-refractivity contribution in [1.82, 2.24) is 21.3 Å². The minimum atomic E-state index is -0.0771. The van der Waals surface area contributed by atoms with E-state index in [0.717, 1.165) is 0 Å². The van der Waals surface area contributed by atoms with Crippen LogP contribution in [0.15, 0.2) is 0 Å². The molecule has 0 spiro atoms. The lowest BCUT2D eigenvalue weighted by molar-refractivity contribution is -0.123. The van der Waals surface area contributed by atoms with Crippen molar-refractivity contribution in [1.29, 1.82) is 0 Å². The molecule has 0 aliphatic carbocycles. The molecule has 138 valence electrons. The van der Waals surface area contributed by atoms with Crippen LogP contribution in [-0.4, -0.2) is 50.8 Å². The average Bonchev–Trinajstić information content (AvgIpc) is 2.58. The van der Waals surface area contributed by atoms with Crippen LogP contribution >= 0.6 is 0 Å². The van der Waals surface area contributed by atoms with E-state index in [9.17, 15) is 19.2 Å². The first-order chi connectivity index (χ1) is 11.5. The number of unbranched alkanes of at least 4 members (excludes halogenated alkanes) is 2. The highest BCUT2D eigenvalue weighted by atomic mass is 16.2. The Balaban J connectivity index is 3.47. The highest BCUT2D eigenvalue weighted by molar-refractivity contribution is 5.78. The maximum Gasteiger partial charge on any atom is 0.220 e. The van der Waals surface area contributed by atoms with Crippen molar-refractivity contribution in [3.63, 3.8) is 0 Å². The van der Waals surface area contributed by atoms with Crippen molar-refractivity contribution >= 4 is 23.6 Å². The Morgan fingerprint density at radius 2 is 0.833 bits per heavy atom. The maximum absolute atomic E-state index is 11.5. The van der Waals surface area contributed by atoms with E-state index >= 15 is 0 Å². The minimum absolute atomic E-state index is 0.0200. The molecule has 0 aliphatic rings. The van der Waals surface area contributed by atoms with E-state index in [1.165, 1.54) is 0 Å². The molecule has 0 aliphatic heterocycles. The van der Waals surface area contributed by atoms with Gasteiger partial charge in [0, 0.05) is 52.9 Å². The third-order valence-corrected chi connectivity index (χ3v) is 3.44. The zero-order valence-corrected chi connectivity index (χ0v) is 14.7. The van der Waals surface area contributed by atoms with Crippen molar-refractivity contribution in [3.05, 3.63) is 0 Å². The van der Waals surface area contributed by atoms with Crippen molar-refractivity contribution in [3.8, 4) is 0 Å². The van der Waals surface area contributed by atoms with Gasteiger partial charge in [0.1, 0.15) is 0 Å². The fraction of sp³-hybridized carbons (Fsp3) is 0.750. The molecule has 8 heteroatoms. The molecular weight excluding hydrogens is 312 g/mol. The van der Waals surface area contributed by atoms with Gasteiger partial charge in [-0.2, -0.15) is 0 Å². The van der Waals surface area contributed by atoms with Crippen LogP contribution in [0.3, 0.4) is 0 Å². The molecule has 0 aromatic heterocycles. The van der Waals surface area contributed by atoms with Gasteiger partial charge in [0.2, 0.25) is 23.6 Å². The molecule has 0 rings (SSSR count). The first-order valence-electron chi connectivity index (χ1n) is 8.44. The largest absolute Gasteiger partial charge is 0.359 e. The van der Waals surface area contributed by atoms with Gasteiger partial charge in [0.25, 0.3) is 0 Å². The fourth-order valence-corrected chi connectivity index (χ4v) is 1.97. The molecule has 8 nitrogen and oxygen atoms in total. The summed E-state index contributed by atoms with van der Waals surface area (Å²) < 4.78 is 0. The smallest absolute Gasteiger partial charge is 0.220 e. The van der Waals surface area contributed by atoms with E-state index in [0.29, 0.717) is 64.5 Å². The van der Waals surface area contributed by atoms with Crippen molar-refractivity contribution in [2.45, 2.75) is 51.4 Å². The summed E-state index contributed by atoms with van der Waals surface area (Å²) in [6, 6.07) is 0. The van der Waals surface area contributed by atoms with Crippen LogP contribution in [0.25, 0.3) is 0 Å². The summed E-state index contributed by atoms with van der Waals surface area (Å²) in [6.07, 6.45) is 4.31. The molecule has 0 saturated heterocycles. The lowest BCUT2D eigenvalue weighted by Gasteiger charge is -2.07. The summed E-state index contributed by atoms with van der Waals surface area (Å²) >= 11 is 0. The van der Waals surface area contributed by atoms with Gasteiger partial charge < -0.3 is 21.3 Å². The fourth-order valence-electron chi connectivity index (χ4n) is 1.97. The number of rotatable bonds is 13. The van der Waals surface area contributed by atoms with E-state index in [1.54, 1.807) is 14.1 Å². The topological polar surface area (TPSA) is 116 Å². The number of carbonyl (C=O) groups is 4. The van der Waals surface area contributed by atoms with Gasteiger partial charge in [-0.05, 0) is 25.7 Å². The molecule has 0 radical (unpaired) electrons. The van der Waals surface area contributed by atoms with Crippen LogP contribution in [0.4, 0.5) is 0 Å². The molecule has 0 aromatic carbocycles. The van der Waals surface area contributed by atoms with Gasteiger partial charge in [-0.25, -0.2) is 0 Å². The summed E-state index contributed by atoms with van der Waals surface area (Å²) in [5, 5.41) is 10.5. The van der Waals surface area contributed by atoms with Crippen molar-refractivity contribution in [2.24, 2.45) is 0 Å². The van der Waals surface area contributed by atoms with Crippen LogP contribution < -0.4 is 21.3 Å². The summed E-state index contributed by atoms with van der Waals surface area (Å²) in [4.78, 5) is 45.1. The van der Waals surface area contributed by atoms with E-state index in [4.69, 9.17) is 0 Å². The second kappa shape index (κ2) is 14.5. The molecule has 4 N–H and O–H groups in total. The summed E-state index contributed by atoms with van der Waals surface area (Å²) in [5.41, 5.74) is 0. The quantitative estimate of drug-likeness (QED) is 0.348. The van der Waals surface area contributed by atoms with Gasteiger partial charge in [-0.3, -0.25) is 19.2 Å². The number of amides is 4. The Labute approximate surface area is 143 Å². The first kappa shape index (κ1) is 21.9. The Kier molecular flexibility index (Phi) is 13.2. The minimum Gasteiger partial charge on any atom is -0.359 e. The molecule has 0 fully saturated rings. The second-order valence-electron chi connectivity index (χ2n) is 5.46. The average molecular weight is 342 g/mol. The van der Waals surface area contributed by atoms with Crippen LogP contribution in [0, 0.1) is 0 Å². The van der Waals surface area contributed by atoms with Gasteiger partial charge >= 0.3 is 0 Å². The van der Waals surface area contributed by atoms with Crippen LogP contribution in [-0.2, 0) is 19.2 Å². The SMILES string of the molecule is CNC(=O)CCCCC(=O)NCCNC(=O)CCCCC(=O)NC. The molecule has 24 heavy (non-hydrogen) atoms. The van der Waals surface area contributed by atoms with Gasteiger partial charge in [0.15, 0.2) is 0 Å². The first-order valence-corrected chi connectivity index (χ1v) is 8.44. The highest BCUT2D eigenvalue weighted by Gasteiger charge is 2.04. The number of hydrogen-bond acceptors (Lipinski definition) is 4. The van der Waals surface area contributed by atoms with Crippen LogP contribution in [0.1, 0.15) is 51.4 Å². The molecular formula is C16H30N4O4.